The number of benzene rings is 2. The van der Waals surface area contributed by atoms with E-state index in [1.54, 1.807) is 6.07 Å². The summed E-state index contributed by atoms with van der Waals surface area (Å²) >= 11 is 0. The van der Waals surface area contributed by atoms with E-state index in [-0.39, 0.29) is 42.1 Å². The van der Waals surface area contributed by atoms with E-state index in [4.69, 9.17) is 4.74 Å². The van der Waals surface area contributed by atoms with Crippen molar-refractivity contribution in [3.8, 4) is 0 Å². The average Bonchev–Trinajstić information content (AvgIpc) is 3.31. The van der Waals surface area contributed by atoms with Gasteiger partial charge < -0.3 is 10.1 Å². The van der Waals surface area contributed by atoms with Crippen molar-refractivity contribution >= 4 is 29.1 Å². The summed E-state index contributed by atoms with van der Waals surface area (Å²) < 4.78 is 5.52. The van der Waals surface area contributed by atoms with Gasteiger partial charge in [-0.2, -0.15) is 0 Å². The average molecular weight is 409 g/mol. The molecule has 9 heteroatoms. The maximum absolute atomic E-state index is 12.7. The topological polar surface area (TPSA) is 119 Å². The fourth-order valence-corrected chi connectivity index (χ4v) is 3.65. The van der Waals surface area contributed by atoms with Gasteiger partial charge in [0, 0.05) is 24.4 Å². The summed E-state index contributed by atoms with van der Waals surface area (Å²) in [6.45, 7) is 0.868. The first kappa shape index (κ1) is 19.7. The molecule has 0 saturated carbocycles. The van der Waals surface area contributed by atoms with Crippen molar-refractivity contribution < 1.29 is 24.0 Å². The van der Waals surface area contributed by atoms with Crippen LogP contribution in [0.5, 0.6) is 0 Å². The number of imide groups is 1. The number of hydrogen-bond donors (Lipinski definition) is 1. The molecule has 2 aromatic rings. The SMILES string of the molecule is O=C(Cc1ccc([N+](=O)[O-])cc1)Nc1ccc2c(c1)C(=O)N(CC1CCCO1)C2=O. The molecule has 2 heterocycles. The monoisotopic (exact) mass is 409 g/mol. The minimum absolute atomic E-state index is 0.0209. The van der Waals surface area contributed by atoms with Gasteiger partial charge in [0.15, 0.2) is 0 Å². The Labute approximate surface area is 171 Å². The fourth-order valence-electron chi connectivity index (χ4n) is 3.65. The lowest BCUT2D eigenvalue weighted by Crippen LogP contribution is -2.36. The molecule has 0 aromatic heterocycles. The van der Waals surface area contributed by atoms with Gasteiger partial charge in [0.05, 0.1) is 35.1 Å². The molecule has 0 aliphatic carbocycles. The number of carbonyl (C=O) groups is 3. The Kier molecular flexibility index (Phi) is 5.28. The number of ether oxygens (including phenoxy) is 1. The second-order valence-electron chi connectivity index (χ2n) is 7.26. The van der Waals surface area contributed by atoms with Crippen LogP contribution in [0.3, 0.4) is 0 Å². The molecule has 1 saturated heterocycles. The Balaban J connectivity index is 1.42. The van der Waals surface area contributed by atoms with Crippen molar-refractivity contribution in [3.05, 3.63) is 69.3 Å². The van der Waals surface area contributed by atoms with E-state index in [0.29, 0.717) is 23.4 Å². The standard InChI is InChI=1S/C21H19N3O6/c25-19(10-13-3-6-15(7-4-13)24(28)29)22-14-5-8-17-18(11-14)21(27)23(20(17)26)12-16-2-1-9-30-16/h3-8,11,16H,1-2,9-10,12H2,(H,22,25). The van der Waals surface area contributed by atoms with Crippen LogP contribution < -0.4 is 5.32 Å². The summed E-state index contributed by atoms with van der Waals surface area (Å²) in [6, 6.07) is 10.3. The second kappa shape index (κ2) is 8.03. The first-order chi connectivity index (χ1) is 14.4. The molecule has 1 N–H and O–H groups in total. The molecule has 2 aliphatic rings. The van der Waals surface area contributed by atoms with Gasteiger partial charge >= 0.3 is 0 Å². The van der Waals surface area contributed by atoms with E-state index < -0.39 is 10.8 Å². The predicted molar refractivity (Wildman–Crippen MR) is 106 cm³/mol. The van der Waals surface area contributed by atoms with Crippen LogP contribution in [0.1, 0.15) is 39.1 Å². The quantitative estimate of drug-likeness (QED) is 0.445. The highest BCUT2D eigenvalue weighted by molar-refractivity contribution is 6.21. The van der Waals surface area contributed by atoms with Crippen LogP contribution in [0.4, 0.5) is 11.4 Å². The molecular formula is C21H19N3O6. The van der Waals surface area contributed by atoms with Gasteiger partial charge in [-0.15, -0.1) is 0 Å². The van der Waals surface area contributed by atoms with Gasteiger partial charge in [-0.1, -0.05) is 12.1 Å². The molecule has 4 rings (SSSR count). The molecule has 2 aromatic carbocycles. The van der Waals surface area contributed by atoms with E-state index in [1.807, 2.05) is 0 Å². The lowest BCUT2D eigenvalue weighted by molar-refractivity contribution is -0.384. The molecule has 0 bridgehead atoms. The van der Waals surface area contributed by atoms with Crippen molar-refractivity contribution in [1.82, 2.24) is 4.90 Å². The van der Waals surface area contributed by atoms with Gasteiger partial charge in [0.25, 0.3) is 17.5 Å². The Morgan fingerprint density at radius 2 is 1.87 bits per heavy atom. The smallest absolute Gasteiger partial charge is 0.269 e. The number of nitro benzene ring substituents is 1. The summed E-state index contributed by atoms with van der Waals surface area (Å²) in [5.74, 6) is -1.08. The lowest BCUT2D eigenvalue weighted by atomic mass is 10.1. The Morgan fingerprint density at radius 3 is 2.53 bits per heavy atom. The van der Waals surface area contributed by atoms with Crippen molar-refractivity contribution in [2.45, 2.75) is 25.4 Å². The Hall–Kier alpha value is -3.59. The molecule has 1 unspecified atom stereocenters. The van der Waals surface area contributed by atoms with Crippen molar-refractivity contribution in [2.24, 2.45) is 0 Å². The number of amides is 3. The number of hydrogen-bond acceptors (Lipinski definition) is 6. The van der Waals surface area contributed by atoms with Crippen LogP contribution in [-0.4, -0.2) is 46.8 Å². The van der Waals surface area contributed by atoms with Crippen LogP contribution in [0.25, 0.3) is 0 Å². The number of carbonyl (C=O) groups excluding carboxylic acids is 3. The zero-order valence-corrected chi connectivity index (χ0v) is 16.0. The predicted octanol–water partition coefficient (Wildman–Crippen LogP) is 2.55. The van der Waals surface area contributed by atoms with Crippen molar-refractivity contribution in [3.63, 3.8) is 0 Å². The van der Waals surface area contributed by atoms with Crippen LogP contribution in [0.2, 0.25) is 0 Å². The number of non-ortho nitro benzene ring substituents is 1. The van der Waals surface area contributed by atoms with Crippen LogP contribution in [-0.2, 0) is 16.0 Å². The highest BCUT2D eigenvalue weighted by atomic mass is 16.6. The van der Waals surface area contributed by atoms with Crippen molar-refractivity contribution in [1.29, 1.82) is 0 Å². The molecule has 2 aliphatic heterocycles. The zero-order valence-electron chi connectivity index (χ0n) is 16.0. The molecule has 0 spiro atoms. The first-order valence-corrected chi connectivity index (χ1v) is 9.57. The summed E-state index contributed by atoms with van der Waals surface area (Å²) in [4.78, 5) is 49.0. The number of fused-ring (bicyclic) bond motifs is 1. The minimum Gasteiger partial charge on any atom is -0.376 e. The third kappa shape index (κ3) is 3.92. The van der Waals surface area contributed by atoms with E-state index >= 15 is 0 Å². The summed E-state index contributed by atoms with van der Waals surface area (Å²) in [5.41, 5.74) is 1.54. The molecule has 1 fully saturated rings. The first-order valence-electron chi connectivity index (χ1n) is 9.57. The zero-order chi connectivity index (χ0) is 21.3. The van der Waals surface area contributed by atoms with Crippen molar-refractivity contribution in [2.75, 3.05) is 18.5 Å². The normalized spacial score (nSPS) is 17.9. The fraction of sp³-hybridized carbons (Fsp3) is 0.286. The minimum atomic E-state index is -0.505. The third-order valence-electron chi connectivity index (χ3n) is 5.18. The van der Waals surface area contributed by atoms with E-state index in [9.17, 15) is 24.5 Å². The molecule has 0 radical (unpaired) electrons. The molecule has 1 atom stereocenters. The van der Waals surface area contributed by atoms with Crippen LogP contribution in [0, 0.1) is 10.1 Å². The van der Waals surface area contributed by atoms with Crippen LogP contribution >= 0.6 is 0 Å². The van der Waals surface area contributed by atoms with E-state index in [0.717, 1.165) is 12.8 Å². The van der Waals surface area contributed by atoms with Gasteiger partial charge in [-0.25, -0.2) is 0 Å². The van der Waals surface area contributed by atoms with Gasteiger partial charge in [0.1, 0.15) is 0 Å². The van der Waals surface area contributed by atoms with Crippen LogP contribution in [0.15, 0.2) is 42.5 Å². The van der Waals surface area contributed by atoms with E-state index in [1.165, 1.54) is 41.3 Å². The highest BCUT2D eigenvalue weighted by Crippen LogP contribution is 2.27. The largest absolute Gasteiger partial charge is 0.376 e. The Bertz CT molecular complexity index is 1030. The second-order valence-corrected chi connectivity index (χ2v) is 7.26. The number of nitrogens with one attached hydrogen (secondary N) is 1. The Morgan fingerprint density at radius 1 is 1.13 bits per heavy atom. The molecule has 30 heavy (non-hydrogen) atoms. The summed E-state index contributed by atoms with van der Waals surface area (Å²) in [5, 5.41) is 13.4. The third-order valence-corrected chi connectivity index (χ3v) is 5.18. The maximum Gasteiger partial charge on any atom is 0.269 e. The van der Waals surface area contributed by atoms with E-state index in [2.05, 4.69) is 5.32 Å². The number of nitrogens with zero attached hydrogens (tertiary/aromatic N) is 2. The summed E-state index contributed by atoms with van der Waals surface area (Å²) in [6.07, 6.45) is 1.62. The maximum atomic E-state index is 12.7. The number of nitro groups is 1. The molecular weight excluding hydrogens is 390 g/mol. The number of anilines is 1. The molecule has 154 valence electrons. The van der Waals surface area contributed by atoms with Gasteiger partial charge in [-0.3, -0.25) is 29.4 Å². The molecule has 9 nitrogen and oxygen atoms in total. The van der Waals surface area contributed by atoms with Gasteiger partial charge in [0.2, 0.25) is 5.91 Å². The lowest BCUT2D eigenvalue weighted by Gasteiger charge is -2.17. The molecule has 3 amide bonds. The summed E-state index contributed by atoms with van der Waals surface area (Å²) in [7, 11) is 0. The number of rotatable bonds is 6. The van der Waals surface area contributed by atoms with Gasteiger partial charge in [-0.05, 0) is 36.6 Å². The highest BCUT2D eigenvalue weighted by Gasteiger charge is 2.37.